The molecular weight excluding hydrogens is 234 g/mol. The quantitative estimate of drug-likeness (QED) is 0.877. The molecule has 1 amide bonds. The first-order valence-electron chi connectivity index (χ1n) is 6.17. The molecular formula is C13H19NO2S. The maximum Gasteiger partial charge on any atom is 0.264 e. The van der Waals surface area contributed by atoms with Crippen molar-refractivity contribution in [3.8, 4) is 0 Å². The lowest BCUT2D eigenvalue weighted by molar-refractivity contribution is 0.0300. The number of aryl methyl sites for hydroxylation is 1. The summed E-state index contributed by atoms with van der Waals surface area (Å²) in [5, 5.41) is 11.7. The van der Waals surface area contributed by atoms with E-state index >= 15 is 0 Å². The Labute approximate surface area is 106 Å². The van der Waals surface area contributed by atoms with Crippen LogP contribution in [0.1, 0.15) is 35.5 Å². The second-order valence-electron chi connectivity index (χ2n) is 4.71. The molecule has 0 aromatic carbocycles. The number of aliphatic hydroxyl groups excluding tert-OH is 1. The number of thiophene rings is 1. The van der Waals surface area contributed by atoms with Crippen molar-refractivity contribution in [3.05, 3.63) is 21.9 Å². The maximum absolute atomic E-state index is 12.3. The summed E-state index contributed by atoms with van der Waals surface area (Å²) in [6, 6.07) is 2.03. The first kappa shape index (κ1) is 12.6. The van der Waals surface area contributed by atoms with Gasteiger partial charge in [0.25, 0.3) is 5.91 Å². The molecule has 0 aliphatic carbocycles. The first-order valence-corrected chi connectivity index (χ1v) is 7.05. The molecule has 1 aliphatic heterocycles. The smallest absolute Gasteiger partial charge is 0.264 e. The Morgan fingerprint density at radius 1 is 1.65 bits per heavy atom. The van der Waals surface area contributed by atoms with Gasteiger partial charge >= 0.3 is 0 Å². The summed E-state index contributed by atoms with van der Waals surface area (Å²) in [5.74, 6) is 0.313. The van der Waals surface area contributed by atoms with Crippen LogP contribution in [0.2, 0.25) is 0 Å². The molecule has 2 unspecified atom stereocenters. The molecule has 1 fully saturated rings. The van der Waals surface area contributed by atoms with Crippen molar-refractivity contribution in [1.82, 2.24) is 4.90 Å². The highest BCUT2D eigenvalue weighted by Gasteiger charge is 2.28. The molecule has 1 saturated heterocycles. The summed E-state index contributed by atoms with van der Waals surface area (Å²) in [4.78, 5) is 15.1. The average Bonchev–Trinajstić information content (AvgIpc) is 2.80. The molecule has 1 aromatic rings. The van der Waals surface area contributed by atoms with E-state index in [1.807, 2.05) is 23.3 Å². The van der Waals surface area contributed by atoms with Crippen LogP contribution in [0.15, 0.2) is 11.4 Å². The van der Waals surface area contributed by atoms with Crippen molar-refractivity contribution in [3.63, 3.8) is 0 Å². The summed E-state index contributed by atoms with van der Waals surface area (Å²) >= 11 is 1.52. The van der Waals surface area contributed by atoms with Crippen LogP contribution < -0.4 is 0 Å². The van der Waals surface area contributed by atoms with Crippen LogP contribution >= 0.6 is 11.3 Å². The van der Waals surface area contributed by atoms with Gasteiger partial charge in [-0.3, -0.25) is 4.79 Å². The molecule has 1 aliphatic rings. The summed E-state index contributed by atoms with van der Waals surface area (Å²) in [7, 11) is 0. The number of hydrogen-bond acceptors (Lipinski definition) is 3. The predicted octanol–water partition coefficient (Wildman–Crippen LogP) is 2.15. The minimum absolute atomic E-state index is 0.135. The Morgan fingerprint density at radius 2 is 2.41 bits per heavy atom. The molecule has 2 rings (SSSR count). The zero-order chi connectivity index (χ0) is 12.4. The van der Waals surface area contributed by atoms with Gasteiger partial charge < -0.3 is 10.0 Å². The second-order valence-corrected chi connectivity index (χ2v) is 5.63. The number of aliphatic hydroxyl groups is 1. The van der Waals surface area contributed by atoms with Crippen molar-refractivity contribution in [2.75, 3.05) is 13.1 Å². The fourth-order valence-electron chi connectivity index (χ4n) is 2.26. The monoisotopic (exact) mass is 253 g/mol. The molecule has 0 bridgehead atoms. The molecule has 17 heavy (non-hydrogen) atoms. The lowest BCUT2D eigenvalue weighted by atomic mass is 9.96. The van der Waals surface area contributed by atoms with Gasteiger partial charge in [-0.25, -0.2) is 0 Å². The number of carbonyl (C=O) groups is 1. The van der Waals surface area contributed by atoms with E-state index in [1.54, 1.807) is 0 Å². The lowest BCUT2D eigenvalue weighted by Gasteiger charge is -2.34. The third-order valence-corrected chi connectivity index (χ3v) is 4.41. The first-order chi connectivity index (χ1) is 8.13. The van der Waals surface area contributed by atoms with E-state index in [0.29, 0.717) is 19.5 Å². The number of rotatable bonds is 2. The van der Waals surface area contributed by atoms with Gasteiger partial charge in [-0.15, -0.1) is 11.3 Å². The summed E-state index contributed by atoms with van der Waals surface area (Å²) < 4.78 is 0. The summed E-state index contributed by atoms with van der Waals surface area (Å²) in [5.41, 5.74) is 1.14. The predicted molar refractivity (Wildman–Crippen MR) is 69.4 cm³/mol. The minimum Gasteiger partial charge on any atom is -0.393 e. The van der Waals surface area contributed by atoms with E-state index in [9.17, 15) is 9.90 Å². The Balaban J connectivity index is 2.10. The van der Waals surface area contributed by atoms with Crippen LogP contribution in [-0.2, 0) is 6.42 Å². The van der Waals surface area contributed by atoms with E-state index < -0.39 is 0 Å². The van der Waals surface area contributed by atoms with Crippen LogP contribution in [0.3, 0.4) is 0 Å². The molecule has 4 heteroatoms. The highest BCUT2D eigenvalue weighted by atomic mass is 32.1. The molecule has 94 valence electrons. The molecule has 2 atom stereocenters. The SMILES string of the molecule is CCc1ccsc1C(=O)N1CCC(O)C(C)C1. The Bertz CT molecular complexity index is 402. The number of nitrogens with zero attached hydrogens (tertiary/aromatic N) is 1. The standard InChI is InChI=1S/C13H19NO2S/c1-3-10-5-7-17-12(10)13(16)14-6-4-11(15)9(2)8-14/h5,7,9,11,15H,3-4,6,8H2,1-2H3. The van der Waals surface area contributed by atoms with Crippen molar-refractivity contribution in [1.29, 1.82) is 0 Å². The average molecular weight is 253 g/mol. The molecule has 1 N–H and O–H groups in total. The van der Waals surface area contributed by atoms with Gasteiger partial charge in [-0.2, -0.15) is 0 Å². The van der Waals surface area contributed by atoms with Crippen LogP contribution in [0, 0.1) is 5.92 Å². The third kappa shape index (κ3) is 2.53. The maximum atomic E-state index is 12.3. The summed E-state index contributed by atoms with van der Waals surface area (Å²) in [6.45, 7) is 5.41. The van der Waals surface area contributed by atoms with Gasteiger partial charge in [0.1, 0.15) is 0 Å². The van der Waals surface area contributed by atoms with E-state index in [0.717, 1.165) is 16.9 Å². The zero-order valence-electron chi connectivity index (χ0n) is 10.3. The number of carbonyl (C=O) groups excluding carboxylic acids is 1. The Morgan fingerprint density at radius 3 is 3.06 bits per heavy atom. The van der Waals surface area contributed by atoms with E-state index in [1.165, 1.54) is 11.3 Å². The Kier molecular flexibility index (Phi) is 3.84. The summed E-state index contributed by atoms with van der Waals surface area (Å²) in [6.07, 6.45) is 1.34. The van der Waals surface area contributed by atoms with Gasteiger partial charge in [-0.1, -0.05) is 13.8 Å². The van der Waals surface area contributed by atoms with E-state index in [2.05, 4.69) is 6.92 Å². The highest BCUT2D eigenvalue weighted by Crippen LogP contribution is 2.23. The largest absolute Gasteiger partial charge is 0.393 e. The number of hydrogen-bond donors (Lipinski definition) is 1. The highest BCUT2D eigenvalue weighted by molar-refractivity contribution is 7.12. The van der Waals surface area contributed by atoms with Gasteiger partial charge in [0.2, 0.25) is 0 Å². The van der Waals surface area contributed by atoms with Crippen LogP contribution in [0.25, 0.3) is 0 Å². The number of piperidine rings is 1. The van der Waals surface area contributed by atoms with Crippen molar-refractivity contribution in [2.45, 2.75) is 32.8 Å². The Hall–Kier alpha value is -0.870. The fourth-order valence-corrected chi connectivity index (χ4v) is 3.23. The number of likely N-dealkylation sites (tertiary alicyclic amines) is 1. The molecule has 0 saturated carbocycles. The van der Waals surface area contributed by atoms with Crippen molar-refractivity contribution < 1.29 is 9.90 Å². The molecule has 1 aromatic heterocycles. The fraction of sp³-hybridized carbons (Fsp3) is 0.615. The molecule has 0 radical (unpaired) electrons. The topological polar surface area (TPSA) is 40.5 Å². The van der Waals surface area contributed by atoms with Crippen LogP contribution in [-0.4, -0.2) is 35.1 Å². The lowest BCUT2D eigenvalue weighted by Crippen LogP contribution is -2.44. The normalized spacial score (nSPS) is 25.0. The van der Waals surface area contributed by atoms with E-state index in [4.69, 9.17) is 0 Å². The van der Waals surface area contributed by atoms with Gasteiger partial charge in [0.05, 0.1) is 11.0 Å². The molecule has 3 nitrogen and oxygen atoms in total. The number of amides is 1. The van der Waals surface area contributed by atoms with E-state index in [-0.39, 0.29) is 17.9 Å². The van der Waals surface area contributed by atoms with Crippen molar-refractivity contribution in [2.24, 2.45) is 5.92 Å². The van der Waals surface area contributed by atoms with Crippen LogP contribution in [0.4, 0.5) is 0 Å². The van der Waals surface area contributed by atoms with Gasteiger partial charge in [-0.05, 0) is 35.8 Å². The molecule has 2 heterocycles. The minimum atomic E-state index is -0.256. The van der Waals surface area contributed by atoms with Gasteiger partial charge in [0.15, 0.2) is 0 Å². The molecule has 0 spiro atoms. The van der Waals surface area contributed by atoms with Crippen molar-refractivity contribution >= 4 is 17.2 Å². The second kappa shape index (κ2) is 5.19. The third-order valence-electron chi connectivity index (χ3n) is 3.47. The zero-order valence-corrected chi connectivity index (χ0v) is 11.2. The van der Waals surface area contributed by atoms with Crippen LogP contribution in [0.5, 0.6) is 0 Å². The van der Waals surface area contributed by atoms with Gasteiger partial charge in [0, 0.05) is 13.1 Å².